The SMILES string of the molecule is CC(=O)OCC1=C(C(=O)O)N2C(=O)C(NC(=O)/C(=N\O)c3csc(N)n3)C2SC1. The van der Waals surface area contributed by atoms with Crippen molar-refractivity contribution >= 4 is 57.7 Å². The topological polar surface area (TPSA) is 185 Å². The van der Waals surface area contributed by atoms with Crippen molar-refractivity contribution in [2.45, 2.75) is 18.3 Å². The van der Waals surface area contributed by atoms with Crippen LogP contribution in [0, 0.1) is 0 Å². The number of ether oxygens (including phenoxy) is 1. The summed E-state index contributed by atoms with van der Waals surface area (Å²) in [5, 5.41) is 24.9. The molecule has 0 aliphatic carbocycles. The van der Waals surface area contributed by atoms with Crippen LogP contribution in [0.25, 0.3) is 0 Å². The molecule has 154 valence electrons. The number of aromatic nitrogens is 1. The molecule has 1 fully saturated rings. The molecular formula is C15H15N5O7S2. The number of aliphatic carboxylic acids is 1. The van der Waals surface area contributed by atoms with Crippen LogP contribution in [0.15, 0.2) is 21.8 Å². The second kappa shape index (κ2) is 8.08. The van der Waals surface area contributed by atoms with Crippen LogP contribution in [0.4, 0.5) is 5.13 Å². The van der Waals surface area contributed by atoms with Crippen LogP contribution in [0.3, 0.4) is 0 Å². The lowest BCUT2D eigenvalue weighted by molar-refractivity contribution is -0.150. The van der Waals surface area contributed by atoms with E-state index in [1.807, 2.05) is 0 Å². The maximum absolute atomic E-state index is 12.5. The summed E-state index contributed by atoms with van der Waals surface area (Å²) in [5.74, 6) is -3.23. The first-order valence-electron chi connectivity index (χ1n) is 8.02. The van der Waals surface area contributed by atoms with Gasteiger partial charge in [0, 0.05) is 23.6 Å². The Morgan fingerprint density at radius 3 is 2.76 bits per heavy atom. The van der Waals surface area contributed by atoms with Gasteiger partial charge in [-0.3, -0.25) is 19.3 Å². The Kier molecular flexibility index (Phi) is 5.74. The maximum Gasteiger partial charge on any atom is 0.352 e. The molecule has 0 saturated carbocycles. The Morgan fingerprint density at radius 2 is 2.21 bits per heavy atom. The van der Waals surface area contributed by atoms with Crippen LogP contribution in [-0.4, -0.2) is 73.4 Å². The number of nitrogens with two attached hydrogens (primary N) is 1. The molecule has 2 amide bonds. The molecule has 14 heteroatoms. The van der Waals surface area contributed by atoms with Crippen LogP contribution in [0.2, 0.25) is 0 Å². The summed E-state index contributed by atoms with van der Waals surface area (Å²) in [6, 6.07) is -1.02. The number of β-lactam (4-membered cyclic amide) rings is 1. The molecule has 1 aromatic rings. The number of oxime groups is 1. The third-order valence-corrected chi connectivity index (χ3v) is 6.08. The highest BCUT2D eigenvalue weighted by Gasteiger charge is 2.54. The Labute approximate surface area is 171 Å². The lowest BCUT2D eigenvalue weighted by atomic mass is 10.0. The number of fused-ring (bicyclic) bond motifs is 1. The van der Waals surface area contributed by atoms with Gasteiger partial charge in [-0.25, -0.2) is 9.78 Å². The molecule has 3 heterocycles. The summed E-state index contributed by atoms with van der Waals surface area (Å²) in [7, 11) is 0. The standard InChI is InChI=1S/C15H15N5O7S2/c1-5(21)27-2-6-3-28-13-9(12(23)20(13)10(6)14(24)25)18-11(22)8(19-26)7-4-29-15(16)17-7/h4,9,13,26H,2-3H2,1H3,(H2,16,17)(H,18,22)(H,24,25)/b19-8-. The van der Waals surface area contributed by atoms with E-state index in [1.165, 1.54) is 24.1 Å². The number of nitrogens with one attached hydrogen (secondary N) is 1. The molecular weight excluding hydrogens is 426 g/mol. The van der Waals surface area contributed by atoms with E-state index in [-0.39, 0.29) is 34.5 Å². The minimum atomic E-state index is -1.34. The Hall–Kier alpha value is -3.13. The summed E-state index contributed by atoms with van der Waals surface area (Å²) in [6.45, 7) is 0.945. The molecule has 0 radical (unpaired) electrons. The van der Waals surface area contributed by atoms with E-state index in [4.69, 9.17) is 15.7 Å². The molecule has 29 heavy (non-hydrogen) atoms. The number of nitrogens with zero attached hydrogens (tertiary/aromatic N) is 3. The van der Waals surface area contributed by atoms with Gasteiger partial charge in [-0.1, -0.05) is 5.16 Å². The number of nitrogen functional groups attached to an aromatic ring is 1. The molecule has 2 aliphatic rings. The van der Waals surface area contributed by atoms with Gasteiger partial charge in [-0.15, -0.1) is 23.1 Å². The van der Waals surface area contributed by atoms with Crippen molar-refractivity contribution in [3.8, 4) is 0 Å². The van der Waals surface area contributed by atoms with E-state index in [2.05, 4.69) is 15.5 Å². The number of rotatable bonds is 6. The fourth-order valence-corrected chi connectivity index (χ4v) is 4.68. The molecule has 0 aromatic carbocycles. The van der Waals surface area contributed by atoms with E-state index in [0.717, 1.165) is 16.2 Å². The second-order valence-electron chi connectivity index (χ2n) is 5.92. The summed E-state index contributed by atoms with van der Waals surface area (Å²) < 4.78 is 4.85. The summed E-state index contributed by atoms with van der Waals surface area (Å²) in [5.41, 5.74) is 5.13. The van der Waals surface area contributed by atoms with Gasteiger partial charge < -0.3 is 26.1 Å². The Morgan fingerprint density at radius 1 is 1.48 bits per heavy atom. The third kappa shape index (κ3) is 3.88. The minimum absolute atomic E-state index is 0.0437. The van der Waals surface area contributed by atoms with Crippen molar-refractivity contribution in [1.82, 2.24) is 15.2 Å². The van der Waals surface area contributed by atoms with E-state index in [0.29, 0.717) is 0 Å². The molecule has 1 saturated heterocycles. The highest BCUT2D eigenvalue weighted by molar-refractivity contribution is 8.00. The number of carbonyl (C=O) groups excluding carboxylic acids is 3. The van der Waals surface area contributed by atoms with Gasteiger partial charge in [0.15, 0.2) is 10.8 Å². The first-order valence-corrected chi connectivity index (χ1v) is 9.95. The zero-order chi connectivity index (χ0) is 21.3. The fraction of sp³-hybridized carbons (Fsp3) is 0.333. The van der Waals surface area contributed by atoms with Gasteiger partial charge in [0.25, 0.3) is 11.8 Å². The van der Waals surface area contributed by atoms with Crippen LogP contribution in [-0.2, 0) is 23.9 Å². The maximum atomic E-state index is 12.5. The summed E-state index contributed by atoms with van der Waals surface area (Å²) in [4.78, 5) is 52.5. The Bertz CT molecular complexity index is 957. The quantitative estimate of drug-likeness (QED) is 0.143. The van der Waals surface area contributed by atoms with Gasteiger partial charge in [-0.05, 0) is 0 Å². The van der Waals surface area contributed by atoms with E-state index in [9.17, 15) is 24.3 Å². The smallest absolute Gasteiger partial charge is 0.352 e. The molecule has 1 aromatic heterocycles. The van der Waals surface area contributed by atoms with Gasteiger partial charge in [-0.2, -0.15) is 0 Å². The first-order chi connectivity index (χ1) is 13.7. The number of carboxylic acid groups (broad SMARTS) is 1. The van der Waals surface area contributed by atoms with E-state index in [1.54, 1.807) is 0 Å². The van der Waals surface area contributed by atoms with Crippen molar-refractivity contribution in [1.29, 1.82) is 0 Å². The first kappa shape index (κ1) is 20.6. The zero-order valence-electron chi connectivity index (χ0n) is 14.8. The lowest BCUT2D eigenvalue weighted by Crippen LogP contribution is -2.71. The van der Waals surface area contributed by atoms with Crippen molar-refractivity contribution in [3.63, 3.8) is 0 Å². The number of esters is 1. The van der Waals surface area contributed by atoms with Crippen molar-refractivity contribution in [2.75, 3.05) is 18.1 Å². The monoisotopic (exact) mass is 441 g/mol. The predicted octanol–water partition coefficient (Wildman–Crippen LogP) is -0.795. The van der Waals surface area contributed by atoms with Crippen LogP contribution < -0.4 is 11.1 Å². The number of anilines is 1. The highest BCUT2D eigenvalue weighted by atomic mass is 32.2. The molecule has 0 spiro atoms. The van der Waals surface area contributed by atoms with Gasteiger partial charge in [0.1, 0.15) is 29.4 Å². The molecule has 12 nitrogen and oxygen atoms in total. The van der Waals surface area contributed by atoms with E-state index < -0.39 is 40.9 Å². The number of hydrogen-bond donors (Lipinski definition) is 4. The van der Waals surface area contributed by atoms with Crippen LogP contribution >= 0.6 is 23.1 Å². The largest absolute Gasteiger partial charge is 0.477 e. The summed E-state index contributed by atoms with van der Waals surface area (Å²) >= 11 is 2.25. The van der Waals surface area contributed by atoms with E-state index >= 15 is 0 Å². The average Bonchev–Trinajstić information content (AvgIpc) is 3.09. The number of thiazole rings is 1. The third-order valence-electron chi connectivity index (χ3n) is 4.07. The zero-order valence-corrected chi connectivity index (χ0v) is 16.5. The second-order valence-corrected chi connectivity index (χ2v) is 7.91. The van der Waals surface area contributed by atoms with Crippen molar-refractivity contribution in [3.05, 3.63) is 22.3 Å². The van der Waals surface area contributed by atoms with Crippen molar-refractivity contribution < 1.29 is 34.2 Å². The molecule has 2 unspecified atom stereocenters. The Balaban J connectivity index is 1.76. The van der Waals surface area contributed by atoms with Gasteiger partial charge >= 0.3 is 11.9 Å². The predicted molar refractivity (Wildman–Crippen MR) is 101 cm³/mol. The van der Waals surface area contributed by atoms with Gasteiger partial charge in [0.05, 0.1) is 0 Å². The van der Waals surface area contributed by atoms with Crippen LogP contribution in [0.1, 0.15) is 12.6 Å². The summed E-state index contributed by atoms with van der Waals surface area (Å²) in [6.07, 6.45) is 0. The molecule has 2 atom stereocenters. The number of amides is 2. The lowest BCUT2D eigenvalue weighted by Gasteiger charge is -2.49. The molecule has 0 bridgehead atoms. The molecule has 3 rings (SSSR count). The van der Waals surface area contributed by atoms with Crippen LogP contribution in [0.5, 0.6) is 0 Å². The highest BCUT2D eigenvalue weighted by Crippen LogP contribution is 2.40. The number of thioether (sulfide) groups is 1. The van der Waals surface area contributed by atoms with Gasteiger partial charge in [0.2, 0.25) is 0 Å². The fourth-order valence-electron chi connectivity index (χ4n) is 2.80. The van der Waals surface area contributed by atoms with Crippen molar-refractivity contribution in [2.24, 2.45) is 5.16 Å². The normalized spacial score (nSPS) is 21.3. The molecule has 5 N–H and O–H groups in total. The number of carbonyl (C=O) groups is 4. The minimum Gasteiger partial charge on any atom is -0.477 e. The number of hydrogen-bond acceptors (Lipinski definition) is 11. The average molecular weight is 441 g/mol. The number of carboxylic acids is 1. The molecule has 2 aliphatic heterocycles.